The SMILES string of the molecule is CCN1CCN(C(=O)CN2C(=O)C(C)Oc3ccc(C(C)=O)cc32)CC1. The van der Waals surface area contributed by atoms with Crippen LogP contribution in [0.5, 0.6) is 5.75 Å². The molecule has 2 heterocycles. The van der Waals surface area contributed by atoms with Crippen LogP contribution in [-0.4, -0.2) is 72.8 Å². The lowest BCUT2D eigenvalue weighted by Crippen LogP contribution is -2.53. The highest BCUT2D eigenvalue weighted by molar-refractivity contribution is 6.05. The highest BCUT2D eigenvalue weighted by Crippen LogP contribution is 2.35. The third-order valence-electron chi connectivity index (χ3n) is 5.04. The van der Waals surface area contributed by atoms with Gasteiger partial charge in [0.05, 0.1) is 5.69 Å². The van der Waals surface area contributed by atoms with Gasteiger partial charge in [-0.3, -0.25) is 19.3 Å². The average molecular weight is 359 g/mol. The zero-order chi connectivity index (χ0) is 18.8. The fourth-order valence-corrected chi connectivity index (χ4v) is 3.34. The Labute approximate surface area is 153 Å². The first-order valence-corrected chi connectivity index (χ1v) is 9.04. The van der Waals surface area contributed by atoms with Crippen LogP contribution in [0.3, 0.4) is 0 Å². The summed E-state index contributed by atoms with van der Waals surface area (Å²) in [6, 6.07) is 4.99. The number of amides is 2. The number of ether oxygens (including phenoxy) is 1. The first-order valence-electron chi connectivity index (χ1n) is 9.04. The molecule has 0 aromatic heterocycles. The molecule has 0 saturated carbocycles. The number of Topliss-reactive ketones (excluding diaryl/α,β-unsaturated/α-hetero) is 1. The van der Waals surface area contributed by atoms with Gasteiger partial charge >= 0.3 is 0 Å². The Morgan fingerprint density at radius 1 is 1.19 bits per heavy atom. The quantitative estimate of drug-likeness (QED) is 0.755. The van der Waals surface area contributed by atoms with Gasteiger partial charge in [-0.15, -0.1) is 0 Å². The highest BCUT2D eigenvalue weighted by Gasteiger charge is 2.34. The Morgan fingerprint density at radius 3 is 2.50 bits per heavy atom. The van der Waals surface area contributed by atoms with Crippen LogP contribution in [0, 0.1) is 0 Å². The normalized spacial score (nSPS) is 20.6. The molecule has 0 aliphatic carbocycles. The van der Waals surface area contributed by atoms with Crippen LogP contribution >= 0.6 is 0 Å². The first kappa shape index (κ1) is 18.4. The van der Waals surface area contributed by atoms with Crippen molar-refractivity contribution in [3.8, 4) is 5.75 Å². The minimum Gasteiger partial charge on any atom is -0.479 e. The summed E-state index contributed by atoms with van der Waals surface area (Å²) in [6.45, 7) is 9.22. The third-order valence-corrected chi connectivity index (χ3v) is 5.04. The fourth-order valence-electron chi connectivity index (χ4n) is 3.34. The molecule has 2 amide bonds. The molecule has 2 aliphatic heterocycles. The predicted molar refractivity (Wildman–Crippen MR) is 97.6 cm³/mol. The van der Waals surface area contributed by atoms with Crippen molar-refractivity contribution in [3.05, 3.63) is 23.8 Å². The third kappa shape index (κ3) is 3.58. The maximum absolute atomic E-state index is 12.7. The van der Waals surface area contributed by atoms with E-state index in [1.54, 1.807) is 30.0 Å². The molecule has 3 rings (SSSR count). The van der Waals surface area contributed by atoms with E-state index < -0.39 is 6.10 Å². The van der Waals surface area contributed by atoms with E-state index in [0.29, 0.717) is 30.1 Å². The number of benzene rings is 1. The van der Waals surface area contributed by atoms with Gasteiger partial charge in [-0.05, 0) is 38.6 Å². The van der Waals surface area contributed by atoms with E-state index in [1.807, 2.05) is 0 Å². The molecule has 2 aliphatic rings. The number of carbonyl (C=O) groups excluding carboxylic acids is 3. The largest absolute Gasteiger partial charge is 0.479 e. The van der Waals surface area contributed by atoms with E-state index in [-0.39, 0.29) is 24.1 Å². The summed E-state index contributed by atoms with van der Waals surface area (Å²) in [5.41, 5.74) is 0.977. The Morgan fingerprint density at radius 2 is 1.88 bits per heavy atom. The number of ketones is 1. The lowest BCUT2D eigenvalue weighted by atomic mass is 10.1. The molecule has 1 unspecified atom stereocenters. The number of hydrogen-bond acceptors (Lipinski definition) is 5. The zero-order valence-corrected chi connectivity index (χ0v) is 15.5. The van der Waals surface area contributed by atoms with E-state index in [1.165, 1.54) is 11.8 Å². The van der Waals surface area contributed by atoms with Crippen LogP contribution < -0.4 is 9.64 Å². The van der Waals surface area contributed by atoms with E-state index >= 15 is 0 Å². The summed E-state index contributed by atoms with van der Waals surface area (Å²) in [6.07, 6.45) is -0.657. The lowest BCUT2D eigenvalue weighted by molar-refractivity contribution is -0.134. The van der Waals surface area contributed by atoms with Gasteiger partial charge < -0.3 is 14.5 Å². The second-order valence-electron chi connectivity index (χ2n) is 6.74. The topological polar surface area (TPSA) is 70.2 Å². The van der Waals surface area contributed by atoms with Crippen LogP contribution in [0.4, 0.5) is 5.69 Å². The molecule has 1 aromatic rings. The minimum absolute atomic E-state index is 0.0347. The lowest BCUT2D eigenvalue weighted by Gasteiger charge is -2.37. The predicted octanol–water partition coefficient (Wildman–Crippen LogP) is 1.17. The van der Waals surface area contributed by atoms with Crippen LogP contribution in [0.1, 0.15) is 31.1 Å². The molecule has 1 saturated heterocycles. The van der Waals surface area contributed by atoms with Crippen molar-refractivity contribution in [2.24, 2.45) is 0 Å². The van der Waals surface area contributed by atoms with Crippen LogP contribution in [-0.2, 0) is 9.59 Å². The molecule has 0 bridgehead atoms. The maximum Gasteiger partial charge on any atom is 0.268 e. The Hall–Kier alpha value is -2.41. The van der Waals surface area contributed by atoms with Gasteiger partial charge in [0.25, 0.3) is 5.91 Å². The number of carbonyl (C=O) groups is 3. The first-order chi connectivity index (χ1) is 12.4. The minimum atomic E-state index is -0.657. The summed E-state index contributed by atoms with van der Waals surface area (Å²) in [7, 11) is 0. The van der Waals surface area contributed by atoms with Gasteiger partial charge in [0, 0.05) is 31.7 Å². The van der Waals surface area contributed by atoms with Crippen molar-refractivity contribution >= 4 is 23.3 Å². The van der Waals surface area contributed by atoms with Gasteiger partial charge in [0.2, 0.25) is 5.91 Å². The van der Waals surface area contributed by atoms with Gasteiger partial charge in [-0.25, -0.2) is 0 Å². The summed E-state index contributed by atoms with van der Waals surface area (Å²) in [5.74, 6) is 0.0765. The van der Waals surface area contributed by atoms with Crippen molar-refractivity contribution in [1.82, 2.24) is 9.80 Å². The van der Waals surface area contributed by atoms with Crippen molar-refractivity contribution in [1.29, 1.82) is 0 Å². The fraction of sp³-hybridized carbons (Fsp3) is 0.526. The van der Waals surface area contributed by atoms with Crippen LogP contribution in [0.25, 0.3) is 0 Å². The average Bonchev–Trinajstić information content (AvgIpc) is 2.65. The number of anilines is 1. The zero-order valence-electron chi connectivity index (χ0n) is 15.5. The van der Waals surface area contributed by atoms with E-state index in [9.17, 15) is 14.4 Å². The highest BCUT2D eigenvalue weighted by atomic mass is 16.5. The van der Waals surface area contributed by atoms with Crippen molar-refractivity contribution < 1.29 is 19.1 Å². The van der Waals surface area contributed by atoms with Crippen molar-refractivity contribution in [2.45, 2.75) is 26.9 Å². The molecule has 0 radical (unpaired) electrons. The number of likely N-dealkylation sites (N-methyl/N-ethyl adjacent to an activating group) is 1. The van der Waals surface area contributed by atoms with Crippen LogP contribution in [0.2, 0.25) is 0 Å². The smallest absolute Gasteiger partial charge is 0.268 e. The molecular weight excluding hydrogens is 334 g/mol. The summed E-state index contributed by atoms with van der Waals surface area (Å²) < 4.78 is 5.63. The maximum atomic E-state index is 12.7. The van der Waals surface area contributed by atoms with Crippen molar-refractivity contribution in [3.63, 3.8) is 0 Å². The van der Waals surface area contributed by atoms with Crippen LogP contribution in [0.15, 0.2) is 18.2 Å². The monoisotopic (exact) mass is 359 g/mol. The molecule has 7 nitrogen and oxygen atoms in total. The molecule has 0 spiro atoms. The van der Waals surface area contributed by atoms with E-state index in [4.69, 9.17) is 4.74 Å². The molecule has 0 N–H and O–H groups in total. The molecular formula is C19H25N3O4. The van der Waals surface area contributed by atoms with Gasteiger partial charge in [-0.1, -0.05) is 6.92 Å². The van der Waals surface area contributed by atoms with Crippen molar-refractivity contribution in [2.75, 3.05) is 44.2 Å². The van der Waals surface area contributed by atoms with E-state index in [2.05, 4.69) is 11.8 Å². The van der Waals surface area contributed by atoms with Gasteiger partial charge in [0.15, 0.2) is 11.9 Å². The molecule has 140 valence electrons. The number of nitrogens with zero attached hydrogens (tertiary/aromatic N) is 3. The summed E-state index contributed by atoms with van der Waals surface area (Å²) in [4.78, 5) is 42.6. The Kier molecular flexibility index (Phi) is 5.27. The molecule has 1 fully saturated rings. The Balaban J connectivity index is 1.80. The number of fused-ring (bicyclic) bond motifs is 1. The second kappa shape index (κ2) is 7.45. The van der Waals surface area contributed by atoms with E-state index in [0.717, 1.165) is 19.6 Å². The molecule has 26 heavy (non-hydrogen) atoms. The summed E-state index contributed by atoms with van der Waals surface area (Å²) >= 11 is 0. The van der Waals surface area contributed by atoms with Gasteiger partial charge in [-0.2, -0.15) is 0 Å². The molecule has 1 aromatic carbocycles. The second-order valence-corrected chi connectivity index (χ2v) is 6.74. The number of piperazine rings is 1. The number of rotatable bonds is 4. The number of hydrogen-bond donors (Lipinski definition) is 0. The standard InChI is InChI=1S/C19H25N3O4/c1-4-20-7-9-21(10-8-20)18(24)12-22-16-11-15(13(2)23)5-6-17(16)26-14(3)19(22)25/h5-6,11,14H,4,7-10,12H2,1-3H3. The molecule has 7 heteroatoms. The Bertz CT molecular complexity index is 725. The summed E-state index contributed by atoms with van der Waals surface area (Å²) in [5, 5.41) is 0. The molecule has 1 atom stereocenters. The van der Waals surface area contributed by atoms with Gasteiger partial charge in [0.1, 0.15) is 12.3 Å².